The van der Waals surface area contributed by atoms with Crippen molar-refractivity contribution in [2.75, 3.05) is 19.5 Å². The molecule has 1 aromatic carbocycles. The van der Waals surface area contributed by atoms with Gasteiger partial charge in [-0.2, -0.15) is 0 Å². The van der Waals surface area contributed by atoms with E-state index in [1.54, 1.807) is 12.1 Å². The Hall–Kier alpha value is -1.46. The van der Waals surface area contributed by atoms with Crippen molar-refractivity contribution in [1.29, 1.82) is 0 Å². The fourth-order valence-corrected chi connectivity index (χ4v) is 1.71. The third-order valence-corrected chi connectivity index (χ3v) is 3.05. The molecule has 0 aliphatic heterocycles. The largest absolute Gasteiger partial charge is 0.495 e. The van der Waals surface area contributed by atoms with Crippen molar-refractivity contribution in [3.63, 3.8) is 0 Å². The molecule has 0 aliphatic rings. The van der Waals surface area contributed by atoms with Crippen LogP contribution in [0.5, 0.6) is 11.5 Å². The Bertz CT molecular complexity index is 463. The third-order valence-electron chi connectivity index (χ3n) is 2.75. The molecule has 0 radical (unpaired) electrons. The number of amides is 1. The quantitative estimate of drug-likeness (QED) is 0.871. The van der Waals surface area contributed by atoms with Crippen LogP contribution >= 0.6 is 11.6 Å². The minimum Gasteiger partial charge on any atom is -0.495 e. The Morgan fingerprint density at radius 2 is 1.84 bits per heavy atom. The Morgan fingerprint density at radius 3 is 2.32 bits per heavy atom. The molecule has 0 saturated carbocycles. The highest BCUT2D eigenvalue weighted by molar-refractivity contribution is 6.32. The van der Waals surface area contributed by atoms with Crippen molar-refractivity contribution in [1.82, 2.24) is 0 Å². The van der Waals surface area contributed by atoms with E-state index in [1.807, 2.05) is 13.8 Å². The number of nitrogens with two attached hydrogens (primary N) is 1. The molecule has 0 aromatic heterocycles. The molecule has 1 rings (SSSR count). The van der Waals surface area contributed by atoms with Gasteiger partial charge in [0.05, 0.1) is 31.0 Å². The zero-order chi connectivity index (χ0) is 14.6. The van der Waals surface area contributed by atoms with E-state index in [9.17, 15) is 4.79 Å². The number of halogens is 1. The van der Waals surface area contributed by atoms with Gasteiger partial charge in [-0.1, -0.05) is 25.4 Å². The topological polar surface area (TPSA) is 73.6 Å². The molecule has 0 spiro atoms. The smallest absolute Gasteiger partial charge is 0.241 e. The van der Waals surface area contributed by atoms with E-state index in [0.717, 1.165) is 0 Å². The number of carbonyl (C=O) groups excluding carboxylic acids is 1. The van der Waals surface area contributed by atoms with Gasteiger partial charge in [0, 0.05) is 12.1 Å². The minimum atomic E-state index is -0.591. The van der Waals surface area contributed by atoms with Crippen LogP contribution in [0.4, 0.5) is 5.69 Å². The first-order chi connectivity index (χ1) is 8.90. The number of benzene rings is 1. The van der Waals surface area contributed by atoms with E-state index in [-0.39, 0.29) is 11.8 Å². The van der Waals surface area contributed by atoms with Crippen molar-refractivity contribution in [3.8, 4) is 11.5 Å². The summed E-state index contributed by atoms with van der Waals surface area (Å²) in [4.78, 5) is 11.9. The Balaban J connectivity index is 3.02. The van der Waals surface area contributed by atoms with E-state index in [1.165, 1.54) is 14.2 Å². The predicted octanol–water partition coefficient (Wildman–Crippen LogP) is 2.28. The lowest BCUT2D eigenvalue weighted by molar-refractivity contribution is -0.118. The molecule has 19 heavy (non-hydrogen) atoms. The Labute approximate surface area is 118 Å². The zero-order valence-corrected chi connectivity index (χ0v) is 12.2. The van der Waals surface area contributed by atoms with Crippen LogP contribution in [0.15, 0.2) is 12.1 Å². The fraction of sp³-hybridized carbons (Fsp3) is 0.462. The molecule has 0 unspecified atom stereocenters. The molecule has 0 heterocycles. The van der Waals surface area contributed by atoms with Gasteiger partial charge in [-0.3, -0.25) is 4.79 Å². The number of carbonyl (C=O) groups is 1. The number of anilines is 1. The highest BCUT2D eigenvalue weighted by Gasteiger charge is 2.19. The summed E-state index contributed by atoms with van der Waals surface area (Å²) >= 11 is 5.99. The molecule has 106 valence electrons. The maximum Gasteiger partial charge on any atom is 0.241 e. The van der Waals surface area contributed by atoms with Crippen LogP contribution in [0.3, 0.4) is 0 Å². The zero-order valence-electron chi connectivity index (χ0n) is 11.5. The molecule has 0 aliphatic carbocycles. The van der Waals surface area contributed by atoms with Crippen LogP contribution < -0.4 is 20.5 Å². The van der Waals surface area contributed by atoms with Gasteiger partial charge >= 0.3 is 0 Å². The SMILES string of the molecule is COc1cc(NC(=O)[C@@H](N)C(C)C)c(OC)cc1Cl. The van der Waals surface area contributed by atoms with Gasteiger partial charge < -0.3 is 20.5 Å². The van der Waals surface area contributed by atoms with E-state index in [4.69, 9.17) is 26.8 Å². The van der Waals surface area contributed by atoms with Crippen molar-refractivity contribution in [3.05, 3.63) is 17.2 Å². The van der Waals surface area contributed by atoms with E-state index in [0.29, 0.717) is 22.2 Å². The second kappa shape index (κ2) is 6.63. The lowest BCUT2D eigenvalue weighted by Crippen LogP contribution is -2.39. The van der Waals surface area contributed by atoms with Crippen LogP contribution in [0.2, 0.25) is 5.02 Å². The third kappa shape index (κ3) is 3.75. The molecular formula is C13H19ClN2O3. The highest BCUT2D eigenvalue weighted by Crippen LogP contribution is 2.35. The van der Waals surface area contributed by atoms with Gasteiger partial charge in [0.2, 0.25) is 5.91 Å². The Morgan fingerprint density at radius 1 is 1.26 bits per heavy atom. The summed E-state index contributed by atoms with van der Waals surface area (Å²) < 4.78 is 10.3. The van der Waals surface area contributed by atoms with E-state index >= 15 is 0 Å². The number of ether oxygens (including phenoxy) is 2. The number of hydrogen-bond donors (Lipinski definition) is 2. The summed E-state index contributed by atoms with van der Waals surface area (Å²) in [6.45, 7) is 3.76. The fourth-order valence-electron chi connectivity index (χ4n) is 1.48. The lowest BCUT2D eigenvalue weighted by Gasteiger charge is -2.17. The summed E-state index contributed by atoms with van der Waals surface area (Å²) in [7, 11) is 3.00. The van der Waals surface area contributed by atoms with Crippen LogP contribution in [-0.4, -0.2) is 26.2 Å². The van der Waals surface area contributed by atoms with Gasteiger partial charge in [0.15, 0.2) is 0 Å². The molecule has 0 saturated heterocycles. The van der Waals surface area contributed by atoms with Gasteiger partial charge in [-0.15, -0.1) is 0 Å². The summed E-state index contributed by atoms with van der Waals surface area (Å²) in [5.41, 5.74) is 6.27. The average Bonchev–Trinajstić information content (AvgIpc) is 2.38. The molecule has 1 aromatic rings. The minimum absolute atomic E-state index is 0.0418. The second-order valence-corrected chi connectivity index (χ2v) is 4.85. The Kier molecular flexibility index (Phi) is 5.44. The van der Waals surface area contributed by atoms with Crippen LogP contribution in [0, 0.1) is 5.92 Å². The maximum absolute atomic E-state index is 11.9. The molecule has 5 nitrogen and oxygen atoms in total. The van der Waals surface area contributed by atoms with Crippen molar-refractivity contribution >= 4 is 23.2 Å². The lowest BCUT2D eigenvalue weighted by atomic mass is 10.0. The van der Waals surface area contributed by atoms with E-state index < -0.39 is 6.04 Å². The summed E-state index contributed by atoms with van der Waals surface area (Å²) in [5, 5.41) is 3.12. The highest BCUT2D eigenvalue weighted by atomic mass is 35.5. The van der Waals surface area contributed by atoms with Gasteiger partial charge in [-0.25, -0.2) is 0 Å². The maximum atomic E-state index is 11.9. The molecule has 3 N–H and O–H groups in total. The number of methoxy groups -OCH3 is 2. The van der Waals surface area contributed by atoms with Crippen molar-refractivity contribution in [2.24, 2.45) is 11.7 Å². The van der Waals surface area contributed by atoms with Crippen molar-refractivity contribution in [2.45, 2.75) is 19.9 Å². The number of hydrogen-bond acceptors (Lipinski definition) is 4. The van der Waals surface area contributed by atoms with Crippen LogP contribution in [-0.2, 0) is 4.79 Å². The molecule has 1 amide bonds. The first-order valence-corrected chi connectivity index (χ1v) is 6.26. The summed E-state index contributed by atoms with van der Waals surface area (Å²) in [6, 6.07) is 2.59. The number of rotatable bonds is 5. The first-order valence-electron chi connectivity index (χ1n) is 5.88. The standard InChI is InChI=1S/C13H19ClN2O3/c1-7(2)12(15)13(17)16-9-6-10(18-3)8(14)5-11(9)19-4/h5-7,12H,15H2,1-4H3,(H,16,17)/t12-/m0/s1. The monoisotopic (exact) mass is 286 g/mol. The summed E-state index contributed by atoms with van der Waals surface area (Å²) in [6.07, 6.45) is 0. The summed E-state index contributed by atoms with van der Waals surface area (Å²) in [5.74, 6) is 0.670. The van der Waals surface area contributed by atoms with Gasteiger partial charge in [0.25, 0.3) is 0 Å². The normalized spacial score (nSPS) is 12.2. The molecule has 1 atom stereocenters. The number of nitrogens with one attached hydrogen (secondary N) is 1. The molecule has 6 heteroatoms. The predicted molar refractivity (Wildman–Crippen MR) is 76.0 cm³/mol. The van der Waals surface area contributed by atoms with Crippen LogP contribution in [0.25, 0.3) is 0 Å². The molecular weight excluding hydrogens is 268 g/mol. The second-order valence-electron chi connectivity index (χ2n) is 4.45. The van der Waals surface area contributed by atoms with Gasteiger partial charge in [-0.05, 0) is 5.92 Å². The average molecular weight is 287 g/mol. The van der Waals surface area contributed by atoms with E-state index in [2.05, 4.69) is 5.32 Å². The van der Waals surface area contributed by atoms with Crippen LogP contribution in [0.1, 0.15) is 13.8 Å². The van der Waals surface area contributed by atoms with Crippen molar-refractivity contribution < 1.29 is 14.3 Å². The molecule has 0 bridgehead atoms. The molecule has 0 fully saturated rings. The first kappa shape index (κ1) is 15.6. The van der Waals surface area contributed by atoms with Gasteiger partial charge in [0.1, 0.15) is 11.5 Å².